The van der Waals surface area contributed by atoms with Gasteiger partial charge < -0.3 is 10.4 Å². The molecule has 1 aromatic heterocycles. The number of benzene rings is 2. The van der Waals surface area contributed by atoms with E-state index in [0.717, 1.165) is 35.1 Å². The number of nitriles is 1. The van der Waals surface area contributed by atoms with E-state index in [2.05, 4.69) is 10.4 Å². The lowest BCUT2D eigenvalue weighted by atomic mass is 10.1. The molecule has 0 unspecified atom stereocenters. The summed E-state index contributed by atoms with van der Waals surface area (Å²) in [6.07, 6.45) is -10.4. The van der Waals surface area contributed by atoms with Crippen LogP contribution in [0.5, 0.6) is 0 Å². The Morgan fingerprint density at radius 1 is 1.13 bits per heavy atom. The lowest BCUT2D eigenvalue weighted by Gasteiger charge is -2.15. The number of amides is 1. The van der Waals surface area contributed by atoms with Gasteiger partial charge >= 0.3 is 12.4 Å². The van der Waals surface area contributed by atoms with E-state index in [0.29, 0.717) is 6.07 Å². The molecule has 0 saturated carbocycles. The first-order valence-corrected chi connectivity index (χ1v) is 8.54. The molecule has 0 fully saturated rings. The van der Waals surface area contributed by atoms with Crippen molar-refractivity contribution in [2.75, 3.05) is 5.32 Å². The third-order valence-electron chi connectivity index (χ3n) is 4.35. The maximum atomic E-state index is 13.1. The lowest BCUT2D eigenvalue weighted by molar-refractivity contribution is -0.138. The molecule has 0 aliphatic carbocycles. The standard InChI is InChI=1S/C19H12F6N4O2/c20-18(21,22)13-2-1-3-15-12(13)8-27-29(15)9-16(30)17(31)28-11-5-4-10(7-26)14(6-11)19(23,24)25/h1-6,8,16,30H,9H2,(H,28,31)/t16-/m0/s1. The minimum absolute atomic E-state index is 0.0133. The van der Waals surface area contributed by atoms with E-state index in [4.69, 9.17) is 5.26 Å². The second-order valence-corrected chi connectivity index (χ2v) is 6.44. The van der Waals surface area contributed by atoms with Gasteiger partial charge in [0.2, 0.25) is 0 Å². The van der Waals surface area contributed by atoms with Crippen LogP contribution in [0.4, 0.5) is 32.0 Å². The van der Waals surface area contributed by atoms with Gasteiger partial charge in [-0.25, -0.2) is 0 Å². The van der Waals surface area contributed by atoms with Gasteiger partial charge in [-0.05, 0) is 30.3 Å². The molecule has 1 amide bonds. The van der Waals surface area contributed by atoms with Gasteiger partial charge in [0.25, 0.3) is 5.91 Å². The summed E-state index contributed by atoms with van der Waals surface area (Å²) in [4.78, 5) is 12.2. The fraction of sp³-hybridized carbons (Fsp3) is 0.211. The van der Waals surface area contributed by atoms with Crippen LogP contribution in [-0.4, -0.2) is 26.9 Å². The highest BCUT2D eigenvalue weighted by atomic mass is 19.4. The number of halogens is 6. The molecule has 0 radical (unpaired) electrons. The molecule has 3 rings (SSSR count). The Morgan fingerprint density at radius 2 is 1.81 bits per heavy atom. The van der Waals surface area contributed by atoms with Crippen molar-refractivity contribution in [2.24, 2.45) is 0 Å². The van der Waals surface area contributed by atoms with Crippen molar-refractivity contribution in [3.8, 4) is 6.07 Å². The summed E-state index contributed by atoms with van der Waals surface area (Å²) in [5, 5.41) is 24.5. The summed E-state index contributed by atoms with van der Waals surface area (Å²) in [5.41, 5.74) is -3.15. The number of aromatic nitrogens is 2. The van der Waals surface area contributed by atoms with Gasteiger partial charge in [0.15, 0.2) is 6.10 Å². The molecule has 2 N–H and O–H groups in total. The molecule has 0 aliphatic rings. The third-order valence-corrected chi connectivity index (χ3v) is 4.35. The zero-order chi connectivity index (χ0) is 23.0. The van der Waals surface area contributed by atoms with Crippen molar-refractivity contribution in [1.29, 1.82) is 5.26 Å². The number of rotatable bonds is 4. The average molecular weight is 442 g/mol. The molecule has 0 aliphatic heterocycles. The normalized spacial score (nSPS) is 13.1. The van der Waals surface area contributed by atoms with Gasteiger partial charge in [0, 0.05) is 11.1 Å². The van der Waals surface area contributed by atoms with Crippen LogP contribution in [-0.2, 0) is 23.7 Å². The predicted molar refractivity (Wildman–Crippen MR) is 95.5 cm³/mol. The first-order valence-electron chi connectivity index (χ1n) is 8.54. The number of hydrogen-bond acceptors (Lipinski definition) is 4. The van der Waals surface area contributed by atoms with Crippen molar-refractivity contribution in [3.05, 3.63) is 59.3 Å². The Labute approximate surface area is 170 Å². The molecule has 0 bridgehead atoms. The van der Waals surface area contributed by atoms with E-state index in [1.54, 1.807) is 0 Å². The van der Waals surface area contributed by atoms with Gasteiger partial charge in [-0.15, -0.1) is 0 Å². The smallest absolute Gasteiger partial charge is 0.381 e. The van der Waals surface area contributed by atoms with E-state index < -0.39 is 47.6 Å². The Morgan fingerprint density at radius 3 is 2.42 bits per heavy atom. The van der Waals surface area contributed by atoms with Crippen LogP contribution < -0.4 is 5.32 Å². The highest BCUT2D eigenvalue weighted by Crippen LogP contribution is 2.35. The summed E-state index contributed by atoms with van der Waals surface area (Å²) in [7, 11) is 0. The number of carbonyl (C=O) groups is 1. The topological polar surface area (TPSA) is 90.9 Å². The Bertz CT molecular complexity index is 1180. The fourth-order valence-corrected chi connectivity index (χ4v) is 2.92. The van der Waals surface area contributed by atoms with E-state index >= 15 is 0 Å². The number of aliphatic hydroxyl groups excluding tert-OH is 1. The van der Waals surface area contributed by atoms with Gasteiger partial charge in [-0.2, -0.15) is 36.7 Å². The number of nitrogens with one attached hydrogen (secondary N) is 1. The van der Waals surface area contributed by atoms with Crippen LogP contribution >= 0.6 is 0 Å². The summed E-state index contributed by atoms with van der Waals surface area (Å²) >= 11 is 0. The van der Waals surface area contributed by atoms with Crippen molar-refractivity contribution in [2.45, 2.75) is 25.0 Å². The average Bonchev–Trinajstić information content (AvgIpc) is 3.09. The van der Waals surface area contributed by atoms with Crippen molar-refractivity contribution in [1.82, 2.24) is 9.78 Å². The molecule has 1 atom stereocenters. The first kappa shape index (κ1) is 22.1. The minimum atomic E-state index is -4.84. The largest absolute Gasteiger partial charge is 0.417 e. The summed E-state index contributed by atoms with van der Waals surface area (Å²) < 4.78 is 79.3. The zero-order valence-electron chi connectivity index (χ0n) is 15.3. The molecular formula is C19H12F6N4O2. The second kappa shape index (κ2) is 7.92. The predicted octanol–water partition coefficient (Wildman–Crippen LogP) is 3.95. The van der Waals surface area contributed by atoms with Crippen LogP contribution in [0.25, 0.3) is 10.9 Å². The molecule has 0 spiro atoms. The zero-order valence-corrected chi connectivity index (χ0v) is 15.3. The highest BCUT2D eigenvalue weighted by molar-refractivity contribution is 5.94. The number of fused-ring (bicyclic) bond motifs is 1. The van der Waals surface area contributed by atoms with Crippen molar-refractivity contribution in [3.63, 3.8) is 0 Å². The van der Waals surface area contributed by atoms with E-state index in [1.807, 2.05) is 0 Å². The molecule has 162 valence electrons. The van der Waals surface area contributed by atoms with Crippen LogP contribution in [0, 0.1) is 11.3 Å². The quantitative estimate of drug-likeness (QED) is 0.599. The summed E-state index contributed by atoms with van der Waals surface area (Å²) in [5.74, 6) is -1.10. The van der Waals surface area contributed by atoms with E-state index in [1.165, 1.54) is 12.1 Å². The monoisotopic (exact) mass is 442 g/mol. The molecular weight excluding hydrogens is 430 g/mol. The van der Waals surface area contributed by atoms with Crippen LogP contribution in [0.1, 0.15) is 16.7 Å². The molecule has 3 aromatic rings. The summed E-state index contributed by atoms with van der Waals surface area (Å²) in [6.45, 7) is -0.543. The SMILES string of the molecule is N#Cc1ccc(NC(=O)[C@@H](O)Cn2ncc3c(C(F)(F)F)cccc32)cc1C(F)(F)F. The number of anilines is 1. The Kier molecular flexibility index (Phi) is 5.64. The van der Waals surface area contributed by atoms with Crippen LogP contribution in [0.2, 0.25) is 0 Å². The van der Waals surface area contributed by atoms with E-state index in [-0.39, 0.29) is 16.6 Å². The van der Waals surface area contributed by atoms with Gasteiger partial charge in [-0.1, -0.05) is 6.07 Å². The molecule has 2 aromatic carbocycles. The third kappa shape index (κ3) is 4.61. The van der Waals surface area contributed by atoms with Crippen LogP contribution in [0.3, 0.4) is 0 Å². The van der Waals surface area contributed by atoms with Crippen molar-refractivity contribution >= 4 is 22.5 Å². The van der Waals surface area contributed by atoms with Crippen LogP contribution in [0.15, 0.2) is 42.6 Å². The summed E-state index contributed by atoms with van der Waals surface area (Å²) in [6, 6.07) is 7.18. The number of alkyl halides is 6. The van der Waals surface area contributed by atoms with E-state index in [9.17, 15) is 36.2 Å². The molecule has 31 heavy (non-hydrogen) atoms. The number of aliphatic hydroxyl groups is 1. The highest BCUT2D eigenvalue weighted by Gasteiger charge is 2.35. The number of hydrogen-bond donors (Lipinski definition) is 2. The maximum absolute atomic E-state index is 13.1. The van der Waals surface area contributed by atoms with Gasteiger partial charge in [-0.3, -0.25) is 9.48 Å². The Balaban J connectivity index is 1.80. The Hall–Kier alpha value is -3.59. The number of carbonyl (C=O) groups excluding carboxylic acids is 1. The lowest BCUT2D eigenvalue weighted by Crippen LogP contribution is -2.32. The molecule has 1 heterocycles. The van der Waals surface area contributed by atoms with Crippen molar-refractivity contribution < 1.29 is 36.2 Å². The molecule has 12 heteroatoms. The molecule has 6 nitrogen and oxygen atoms in total. The van der Waals surface area contributed by atoms with Gasteiger partial charge in [0.05, 0.1) is 41.0 Å². The maximum Gasteiger partial charge on any atom is 0.417 e. The minimum Gasteiger partial charge on any atom is -0.381 e. The van der Waals surface area contributed by atoms with Gasteiger partial charge in [0.1, 0.15) is 0 Å². The molecule has 0 saturated heterocycles. The fourth-order valence-electron chi connectivity index (χ4n) is 2.92. The first-order chi connectivity index (χ1) is 14.4. The second-order valence-electron chi connectivity index (χ2n) is 6.44. The number of nitrogens with zero attached hydrogens (tertiary/aromatic N) is 3.